The maximum Gasteiger partial charge on any atom is 0.0780 e. The highest BCUT2D eigenvalue weighted by atomic mass is 16.2. The highest BCUT2D eigenvalue weighted by Gasteiger charge is 2.04. The molecule has 0 unspecified atom stereocenters. The van der Waals surface area contributed by atoms with Crippen LogP contribution in [0.5, 0.6) is 0 Å². The van der Waals surface area contributed by atoms with Crippen molar-refractivity contribution in [2.24, 2.45) is 0 Å². The van der Waals surface area contributed by atoms with Gasteiger partial charge in [-0.2, -0.15) is 0 Å². The Morgan fingerprint density at radius 3 is 1.16 bits per heavy atom. The molecule has 0 aromatic rings. The molecule has 0 radical (unpaired) electrons. The molecule has 0 aliphatic heterocycles. The summed E-state index contributed by atoms with van der Waals surface area (Å²) < 4.78 is 1.11. The number of quaternary nitrogens is 1. The zero-order valence-corrected chi connectivity index (χ0v) is 13.8. The van der Waals surface area contributed by atoms with Crippen LogP contribution in [0.2, 0.25) is 0 Å². The fourth-order valence-corrected chi connectivity index (χ4v) is 2.47. The Morgan fingerprint density at radius 1 is 0.526 bits per heavy atom. The highest BCUT2D eigenvalue weighted by molar-refractivity contribution is 4.48. The van der Waals surface area contributed by atoms with Gasteiger partial charge < -0.3 is 9.59 Å². The van der Waals surface area contributed by atoms with Gasteiger partial charge in [0, 0.05) is 6.61 Å². The van der Waals surface area contributed by atoms with Crippen LogP contribution in [-0.4, -0.2) is 43.9 Å². The summed E-state index contributed by atoms with van der Waals surface area (Å²) in [4.78, 5) is 0. The molecule has 2 heteroatoms. The first-order chi connectivity index (χ1) is 9.06. The van der Waals surface area contributed by atoms with Crippen LogP contribution in [0.15, 0.2) is 0 Å². The lowest BCUT2D eigenvalue weighted by Gasteiger charge is -2.23. The highest BCUT2D eigenvalue weighted by Crippen LogP contribution is 2.12. The minimum atomic E-state index is 0.369. The van der Waals surface area contributed by atoms with E-state index in [1.165, 1.54) is 77.2 Å². The Hall–Kier alpha value is -0.0800. The molecule has 0 fully saturated rings. The molecule has 116 valence electrons. The lowest BCUT2D eigenvalue weighted by molar-refractivity contribution is -0.870. The second-order valence-electron chi connectivity index (χ2n) is 6.98. The van der Waals surface area contributed by atoms with Gasteiger partial charge in [0.2, 0.25) is 0 Å². The molecule has 19 heavy (non-hydrogen) atoms. The normalized spacial score (nSPS) is 12.0. The summed E-state index contributed by atoms with van der Waals surface area (Å²) in [5.41, 5.74) is 0. The summed E-state index contributed by atoms with van der Waals surface area (Å²) in [5, 5.41) is 8.67. The van der Waals surface area contributed by atoms with Gasteiger partial charge in [0.1, 0.15) is 0 Å². The van der Waals surface area contributed by atoms with Gasteiger partial charge in [0.15, 0.2) is 0 Å². The lowest BCUT2D eigenvalue weighted by Crippen LogP contribution is -2.35. The van der Waals surface area contributed by atoms with Gasteiger partial charge in [-0.15, -0.1) is 0 Å². The summed E-state index contributed by atoms with van der Waals surface area (Å²) in [6.45, 7) is 1.68. The Morgan fingerprint density at radius 2 is 0.842 bits per heavy atom. The van der Waals surface area contributed by atoms with Crippen molar-refractivity contribution in [1.29, 1.82) is 0 Å². The van der Waals surface area contributed by atoms with E-state index in [0.717, 1.165) is 10.9 Å². The van der Waals surface area contributed by atoms with Crippen molar-refractivity contribution in [3.8, 4) is 0 Å². The molecule has 0 bridgehead atoms. The topological polar surface area (TPSA) is 20.2 Å². The first-order valence-electron chi connectivity index (χ1n) is 8.47. The van der Waals surface area contributed by atoms with E-state index in [9.17, 15) is 0 Å². The van der Waals surface area contributed by atoms with Crippen LogP contribution in [0, 0.1) is 0 Å². The van der Waals surface area contributed by atoms with E-state index in [0.29, 0.717) is 6.61 Å². The van der Waals surface area contributed by atoms with Crippen LogP contribution in [0.25, 0.3) is 0 Å². The maximum atomic E-state index is 8.67. The minimum Gasteiger partial charge on any atom is -0.396 e. The molecule has 2 nitrogen and oxygen atoms in total. The van der Waals surface area contributed by atoms with Crippen molar-refractivity contribution in [3.05, 3.63) is 0 Å². The predicted octanol–water partition coefficient (Wildman–Crippen LogP) is 4.37. The van der Waals surface area contributed by atoms with Gasteiger partial charge in [-0.25, -0.2) is 0 Å². The molecule has 0 heterocycles. The maximum absolute atomic E-state index is 8.67. The standard InChI is InChI=1S/C17H38NO/c1-18(2,3)16-14-12-10-8-6-4-5-7-9-11-13-15-17-19/h19H,4-17H2,1-3H3/q+1. The summed E-state index contributed by atoms with van der Waals surface area (Å²) in [6.07, 6.45) is 16.2. The fourth-order valence-electron chi connectivity index (χ4n) is 2.47. The smallest absolute Gasteiger partial charge is 0.0780 e. The van der Waals surface area contributed by atoms with E-state index in [1.807, 2.05) is 0 Å². The Balaban J connectivity index is 2.99. The summed E-state index contributed by atoms with van der Waals surface area (Å²) in [6, 6.07) is 0. The predicted molar refractivity (Wildman–Crippen MR) is 85.4 cm³/mol. The van der Waals surface area contributed by atoms with E-state index in [2.05, 4.69) is 21.1 Å². The Labute approximate surface area is 121 Å². The van der Waals surface area contributed by atoms with Crippen LogP contribution >= 0.6 is 0 Å². The quantitative estimate of drug-likeness (QED) is 0.368. The third-order valence-electron chi connectivity index (χ3n) is 3.74. The number of aliphatic hydroxyl groups excluding tert-OH is 1. The van der Waals surface area contributed by atoms with Crippen LogP contribution < -0.4 is 0 Å². The van der Waals surface area contributed by atoms with E-state index < -0.39 is 0 Å². The molecule has 0 rings (SSSR count). The van der Waals surface area contributed by atoms with Gasteiger partial charge in [-0.1, -0.05) is 57.8 Å². The zero-order chi connectivity index (χ0) is 14.4. The molecule has 0 aliphatic rings. The average molecular weight is 272 g/mol. The number of rotatable bonds is 14. The number of nitrogens with zero attached hydrogens (tertiary/aromatic N) is 1. The number of hydrogen-bond donors (Lipinski definition) is 1. The van der Waals surface area contributed by atoms with E-state index in [-0.39, 0.29) is 0 Å². The van der Waals surface area contributed by atoms with Crippen molar-refractivity contribution in [1.82, 2.24) is 0 Å². The molecule has 0 saturated heterocycles. The van der Waals surface area contributed by atoms with Gasteiger partial charge >= 0.3 is 0 Å². The van der Waals surface area contributed by atoms with Crippen molar-refractivity contribution >= 4 is 0 Å². The van der Waals surface area contributed by atoms with Gasteiger partial charge in [-0.3, -0.25) is 0 Å². The third-order valence-corrected chi connectivity index (χ3v) is 3.74. The van der Waals surface area contributed by atoms with E-state index >= 15 is 0 Å². The monoisotopic (exact) mass is 272 g/mol. The molecule has 0 aliphatic carbocycles. The first kappa shape index (κ1) is 18.9. The molecule has 0 atom stereocenters. The first-order valence-corrected chi connectivity index (χ1v) is 8.47. The average Bonchev–Trinajstić information content (AvgIpc) is 2.34. The lowest BCUT2D eigenvalue weighted by atomic mass is 10.1. The molecule has 0 aromatic carbocycles. The van der Waals surface area contributed by atoms with Crippen molar-refractivity contribution in [3.63, 3.8) is 0 Å². The summed E-state index contributed by atoms with van der Waals surface area (Å²) in [5.74, 6) is 0. The zero-order valence-electron chi connectivity index (χ0n) is 13.8. The molecule has 0 saturated carbocycles. The van der Waals surface area contributed by atoms with Crippen molar-refractivity contribution in [2.75, 3.05) is 34.3 Å². The van der Waals surface area contributed by atoms with Crippen LogP contribution in [-0.2, 0) is 0 Å². The second-order valence-corrected chi connectivity index (χ2v) is 6.98. The molecule has 0 spiro atoms. The molecular weight excluding hydrogens is 234 g/mol. The van der Waals surface area contributed by atoms with Crippen molar-refractivity contribution < 1.29 is 9.59 Å². The summed E-state index contributed by atoms with van der Waals surface area (Å²) >= 11 is 0. The van der Waals surface area contributed by atoms with Crippen LogP contribution in [0.1, 0.15) is 77.0 Å². The fraction of sp³-hybridized carbons (Fsp3) is 1.00. The van der Waals surface area contributed by atoms with E-state index in [4.69, 9.17) is 5.11 Å². The van der Waals surface area contributed by atoms with Gasteiger partial charge in [-0.05, 0) is 19.3 Å². The van der Waals surface area contributed by atoms with Crippen molar-refractivity contribution in [2.45, 2.75) is 77.0 Å². The number of aliphatic hydroxyl groups is 1. The summed E-state index contributed by atoms with van der Waals surface area (Å²) in [7, 11) is 6.83. The Kier molecular flexibility index (Phi) is 12.9. The van der Waals surface area contributed by atoms with E-state index in [1.54, 1.807) is 0 Å². The minimum absolute atomic E-state index is 0.369. The SMILES string of the molecule is C[N+](C)(C)CCCCCCCCCCCCCCO. The molecule has 1 N–H and O–H groups in total. The molecule has 0 aromatic heterocycles. The third kappa shape index (κ3) is 17.9. The second kappa shape index (κ2) is 12.9. The van der Waals surface area contributed by atoms with Gasteiger partial charge in [0.25, 0.3) is 0 Å². The largest absolute Gasteiger partial charge is 0.396 e. The van der Waals surface area contributed by atoms with Crippen LogP contribution in [0.4, 0.5) is 0 Å². The van der Waals surface area contributed by atoms with Crippen LogP contribution in [0.3, 0.4) is 0 Å². The molecule has 0 amide bonds. The van der Waals surface area contributed by atoms with Gasteiger partial charge in [0.05, 0.1) is 27.7 Å². The Bertz CT molecular complexity index is 175. The number of hydrogen-bond acceptors (Lipinski definition) is 1. The molecular formula is C17H38NO+. The number of unbranched alkanes of at least 4 members (excludes halogenated alkanes) is 11.